The highest BCUT2D eigenvalue weighted by atomic mass is 19.1. The Morgan fingerprint density at radius 1 is 1.30 bits per heavy atom. The van der Waals surface area contributed by atoms with Gasteiger partial charge in [-0.15, -0.1) is 0 Å². The number of phenols is 2. The first kappa shape index (κ1) is 6.86. The van der Waals surface area contributed by atoms with Crippen LogP contribution in [0.25, 0.3) is 0 Å². The van der Waals surface area contributed by atoms with Gasteiger partial charge in [-0.3, -0.25) is 0 Å². The summed E-state index contributed by atoms with van der Waals surface area (Å²) in [4.78, 5) is 0. The van der Waals surface area contributed by atoms with Crippen molar-refractivity contribution < 1.29 is 14.6 Å². The predicted molar refractivity (Wildman–Crippen MR) is 34.2 cm³/mol. The van der Waals surface area contributed by atoms with E-state index in [9.17, 15) is 4.39 Å². The second-order valence-corrected chi connectivity index (χ2v) is 1.91. The molecule has 3 heteroatoms. The SMILES string of the molecule is [CH2]c1ccc(O)c(O)c1F. The van der Waals surface area contributed by atoms with Crippen molar-refractivity contribution in [2.45, 2.75) is 0 Å². The average molecular weight is 141 g/mol. The lowest BCUT2D eigenvalue weighted by Gasteiger charge is -1.99. The Kier molecular flexibility index (Phi) is 1.49. The molecule has 1 aromatic carbocycles. The molecule has 0 amide bonds. The van der Waals surface area contributed by atoms with Crippen molar-refractivity contribution in [2.75, 3.05) is 0 Å². The zero-order chi connectivity index (χ0) is 7.72. The first-order chi connectivity index (χ1) is 4.63. The molecule has 10 heavy (non-hydrogen) atoms. The highest BCUT2D eigenvalue weighted by Gasteiger charge is 2.07. The van der Waals surface area contributed by atoms with Gasteiger partial charge in [0.05, 0.1) is 0 Å². The van der Waals surface area contributed by atoms with E-state index < -0.39 is 17.3 Å². The van der Waals surface area contributed by atoms with Gasteiger partial charge < -0.3 is 10.2 Å². The Morgan fingerprint density at radius 2 is 1.90 bits per heavy atom. The number of hydrogen-bond donors (Lipinski definition) is 2. The monoisotopic (exact) mass is 141 g/mol. The standard InChI is InChI=1S/C7H6FO2/c1-4-2-3-5(9)7(10)6(4)8/h2-3,9-10H,1H2. The topological polar surface area (TPSA) is 40.5 Å². The van der Waals surface area contributed by atoms with Crippen LogP contribution in [-0.4, -0.2) is 10.2 Å². The predicted octanol–water partition coefficient (Wildman–Crippen LogP) is 1.42. The van der Waals surface area contributed by atoms with E-state index in [1.54, 1.807) is 0 Å². The Bertz CT molecular complexity index is 231. The Labute approximate surface area is 57.6 Å². The van der Waals surface area contributed by atoms with E-state index in [1.165, 1.54) is 12.1 Å². The summed E-state index contributed by atoms with van der Waals surface area (Å²) in [5.74, 6) is -2.09. The molecule has 2 nitrogen and oxygen atoms in total. The summed E-state index contributed by atoms with van der Waals surface area (Å²) >= 11 is 0. The van der Waals surface area contributed by atoms with Gasteiger partial charge in [-0.05, 0) is 18.6 Å². The maximum absolute atomic E-state index is 12.5. The van der Waals surface area contributed by atoms with Crippen molar-refractivity contribution in [3.05, 3.63) is 30.4 Å². The van der Waals surface area contributed by atoms with Crippen molar-refractivity contribution in [3.8, 4) is 11.5 Å². The largest absolute Gasteiger partial charge is 0.504 e. The van der Waals surface area contributed by atoms with Gasteiger partial charge in [0.1, 0.15) is 0 Å². The molecule has 0 bridgehead atoms. The first-order valence-electron chi connectivity index (χ1n) is 2.65. The number of phenolic OH excluding ortho intramolecular Hbond substituents is 2. The van der Waals surface area contributed by atoms with Crippen molar-refractivity contribution in [1.82, 2.24) is 0 Å². The number of hydrogen-bond acceptors (Lipinski definition) is 2. The summed E-state index contributed by atoms with van der Waals surface area (Å²) in [6.07, 6.45) is 0. The van der Waals surface area contributed by atoms with E-state index in [1.807, 2.05) is 0 Å². The summed E-state index contributed by atoms with van der Waals surface area (Å²) in [6, 6.07) is 2.46. The first-order valence-corrected chi connectivity index (χ1v) is 2.65. The molecule has 0 saturated heterocycles. The van der Waals surface area contributed by atoms with Crippen LogP contribution in [0.4, 0.5) is 4.39 Å². The summed E-state index contributed by atoms with van der Waals surface area (Å²) in [7, 11) is 0. The summed E-state index contributed by atoms with van der Waals surface area (Å²) in [6.45, 7) is 3.28. The van der Waals surface area contributed by atoms with Crippen LogP contribution in [0.2, 0.25) is 0 Å². The zero-order valence-electron chi connectivity index (χ0n) is 5.13. The van der Waals surface area contributed by atoms with E-state index in [2.05, 4.69) is 6.92 Å². The van der Waals surface area contributed by atoms with Crippen LogP contribution in [0.3, 0.4) is 0 Å². The minimum atomic E-state index is -0.875. The molecular weight excluding hydrogens is 135 g/mol. The molecule has 0 atom stereocenters. The molecular formula is C7H6FO2. The van der Waals surface area contributed by atoms with Crippen LogP contribution in [0.15, 0.2) is 12.1 Å². The number of aromatic hydroxyl groups is 2. The summed E-state index contributed by atoms with van der Waals surface area (Å²) in [5, 5.41) is 17.4. The Balaban J connectivity index is 3.34. The third kappa shape index (κ3) is 0.900. The van der Waals surface area contributed by atoms with E-state index in [0.717, 1.165) is 0 Å². The van der Waals surface area contributed by atoms with Gasteiger partial charge in [-0.1, -0.05) is 6.07 Å². The van der Waals surface area contributed by atoms with Crippen LogP contribution in [0, 0.1) is 12.7 Å². The highest BCUT2D eigenvalue weighted by molar-refractivity contribution is 5.43. The molecule has 0 aromatic heterocycles. The minimum Gasteiger partial charge on any atom is -0.504 e. The molecule has 1 aromatic rings. The van der Waals surface area contributed by atoms with Crippen molar-refractivity contribution in [2.24, 2.45) is 0 Å². The number of benzene rings is 1. The second kappa shape index (κ2) is 2.17. The summed E-state index contributed by atoms with van der Waals surface area (Å²) in [5.41, 5.74) is 0.0651. The van der Waals surface area contributed by atoms with Gasteiger partial charge in [0, 0.05) is 0 Å². The van der Waals surface area contributed by atoms with Crippen molar-refractivity contribution in [3.63, 3.8) is 0 Å². The molecule has 1 radical (unpaired) electrons. The fourth-order valence-corrected chi connectivity index (χ4v) is 0.596. The van der Waals surface area contributed by atoms with Gasteiger partial charge in [0.25, 0.3) is 0 Å². The Morgan fingerprint density at radius 3 is 2.40 bits per heavy atom. The van der Waals surface area contributed by atoms with Gasteiger partial charge in [0.15, 0.2) is 17.3 Å². The van der Waals surface area contributed by atoms with Crippen LogP contribution < -0.4 is 0 Å². The van der Waals surface area contributed by atoms with Gasteiger partial charge >= 0.3 is 0 Å². The fourth-order valence-electron chi connectivity index (χ4n) is 0.596. The second-order valence-electron chi connectivity index (χ2n) is 1.91. The fraction of sp³-hybridized carbons (Fsp3) is 0. The van der Waals surface area contributed by atoms with Gasteiger partial charge in [-0.2, -0.15) is 0 Å². The molecule has 53 valence electrons. The third-order valence-corrected chi connectivity index (χ3v) is 1.17. The molecule has 0 spiro atoms. The molecule has 0 fully saturated rings. The molecule has 0 aliphatic rings. The van der Waals surface area contributed by atoms with Crippen LogP contribution in [-0.2, 0) is 0 Å². The van der Waals surface area contributed by atoms with Gasteiger partial charge in [0.2, 0.25) is 0 Å². The lowest BCUT2D eigenvalue weighted by atomic mass is 10.2. The normalized spacial score (nSPS) is 9.80. The lowest BCUT2D eigenvalue weighted by Crippen LogP contribution is -1.81. The maximum Gasteiger partial charge on any atom is 0.194 e. The van der Waals surface area contributed by atoms with E-state index >= 15 is 0 Å². The van der Waals surface area contributed by atoms with E-state index in [4.69, 9.17) is 10.2 Å². The lowest BCUT2D eigenvalue weighted by molar-refractivity contribution is 0.378. The third-order valence-electron chi connectivity index (χ3n) is 1.17. The van der Waals surface area contributed by atoms with Crippen LogP contribution >= 0.6 is 0 Å². The summed E-state index contributed by atoms with van der Waals surface area (Å²) < 4.78 is 12.5. The smallest absolute Gasteiger partial charge is 0.194 e. The molecule has 0 aliphatic heterocycles. The van der Waals surface area contributed by atoms with Crippen LogP contribution in [0.5, 0.6) is 11.5 Å². The number of rotatable bonds is 0. The Hall–Kier alpha value is -1.25. The highest BCUT2D eigenvalue weighted by Crippen LogP contribution is 2.28. The van der Waals surface area contributed by atoms with Crippen molar-refractivity contribution in [1.29, 1.82) is 0 Å². The zero-order valence-corrected chi connectivity index (χ0v) is 5.13. The molecule has 0 heterocycles. The van der Waals surface area contributed by atoms with E-state index in [-0.39, 0.29) is 5.56 Å². The van der Waals surface area contributed by atoms with E-state index in [0.29, 0.717) is 0 Å². The molecule has 0 aliphatic carbocycles. The molecule has 0 saturated carbocycles. The van der Waals surface area contributed by atoms with Crippen LogP contribution in [0.1, 0.15) is 5.56 Å². The van der Waals surface area contributed by atoms with Crippen molar-refractivity contribution >= 4 is 0 Å². The molecule has 1 rings (SSSR count). The number of halogens is 1. The average Bonchev–Trinajstić information content (AvgIpc) is 1.93. The molecule has 0 unspecified atom stereocenters. The molecule has 2 N–H and O–H groups in total. The quantitative estimate of drug-likeness (QED) is 0.536. The van der Waals surface area contributed by atoms with Gasteiger partial charge in [-0.25, -0.2) is 4.39 Å². The minimum absolute atomic E-state index is 0.0651. The maximum atomic E-state index is 12.5.